The summed E-state index contributed by atoms with van der Waals surface area (Å²) in [7, 11) is -2.89. The van der Waals surface area contributed by atoms with E-state index in [9.17, 15) is 9.26 Å². The first-order chi connectivity index (χ1) is 2.77. The SMILES string of the molecule is CCO[Si](=O)[O-].[K+]. The zero-order valence-electron chi connectivity index (χ0n) is 4.43. The van der Waals surface area contributed by atoms with Crippen molar-refractivity contribution in [2.45, 2.75) is 6.92 Å². The van der Waals surface area contributed by atoms with Gasteiger partial charge >= 0.3 is 60.6 Å². The Hall–Kier alpha value is 1.25. The van der Waals surface area contributed by atoms with Gasteiger partial charge in [-0.1, -0.05) is 0 Å². The fourth-order valence-corrected chi connectivity index (χ4v) is 0.354. The molecule has 0 saturated heterocycles. The molecule has 0 N–H and O–H groups in total. The summed E-state index contributed by atoms with van der Waals surface area (Å²) in [6, 6.07) is 0. The van der Waals surface area contributed by atoms with Crippen LogP contribution in [0.4, 0.5) is 0 Å². The molecule has 0 unspecified atom stereocenters. The van der Waals surface area contributed by atoms with Gasteiger partial charge in [0.2, 0.25) is 0 Å². The van der Waals surface area contributed by atoms with Crippen molar-refractivity contribution in [3.63, 3.8) is 0 Å². The van der Waals surface area contributed by atoms with Crippen LogP contribution in [0, 0.1) is 0 Å². The molecule has 0 fully saturated rings. The minimum absolute atomic E-state index is 0. The Morgan fingerprint density at radius 2 is 2.29 bits per heavy atom. The molecule has 0 aromatic carbocycles. The van der Waals surface area contributed by atoms with E-state index in [0.717, 1.165) is 0 Å². The van der Waals surface area contributed by atoms with Crippen molar-refractivity contribution in [1.82, 2.24) is 0 Å². The van der Waals surface area contributed by atoms with Gasteiger partial charge in [0, 0.05) is 6.61 Å². The van der Waals surface area contributed by atoms with Crippen LogP contribution in [-0.2, 0) is 8.89 Å². The zero-order chi connectivity index (χ0) is 4.99. The zero-order valence-corrected chi connectivity index (χ0v) is 8.55. The molecular formula is C2H5KO3Si. The van der Waals surface area contributed by atoms with Crippen molar-refractivity contribution in [3.8, 4) is 0 Å². The van der Waals surface area contributed by atoms with Gasteiger partial charge < -0.3 is 13.7 Å². The molecule has 0 aromatic heterocycles. The van der Waals surface area contributed by atoms with Gasteiger partial charge in [0.05, 0.1) is 0 Å². The summed E-state index contributed by atoms with van der Waals surface area (Å²) in [5.41, 5.74) is 0. The monoisotopic (exact) mass is 144 g/mol. The molecule has 0 saturated carbocycles. The van der Waals surface area contributed by atoms with E-state index < -0.39 is 9.17 Å². The van der Waals surface area contributed by atoms with Crippen LogP contribution in [0.1, 0.15) is 6.92 Å². The van der Waals surface area contributed by atoms with Crippen molar-refractivity contribution >= 4 is 9.17 Å². The minimum Gasteiger partial charge on any atom is -0.588 e. The van der Waals surface area contributed by atoms with Crippen LogP contribution in [0.5, 0.6) is 0 Å². The maximum atomic E-state index is 9.45. The Labute approximate surface area is 86.4 Å². The van der Waals surface area contributed by atoms with E-state index in [2.05, 4.69) is 4.43 Å². The molecule has 0 aliphatic rings. The first kappa shape index (κ1) is 11.1. The molecule has 0 spiro atoms. The molecule has 0 atom stereocenters. The van der Waals surface area contributed by atoms with E-state index in [0.29, 0.717) is 0 Å². The standard InChI is InChI=1S/C2H5O3Si.K/c1-2-5-6(3)4;/h2H2,1H3;/q-1;+1. The maximum absolute atomic E-state index is 9.45. The third kappa shape index (κ3) is 11.1. The van der Waals surface area contributed by atoms with Gasteiger partial charge in [0.15, 0.2) is 0 Å². The molecule has 0 radical (unpaired) electrons. The van der Waals surface area contributed by atoms with Gasteiger partial charge in [0.1, 0.15) is 0 Å². The Morgan fingerprint density at radius 1 is 1.86 bits per heavy atom. The Kier molecular flexibility index (Phi) is 11.5. The van der Waals surface area contributed by atoms with E-state index in [1.54, 1.807) is 6.92 Å². The van der Waals surface area contributed by atoms with E-state index >= 15 is 0 Å². The van der Waals surface area contributed by atoms with Crippen molar-refractivity contribution in [1.29, 1.82) is 0 Å². The smallest absolute Gasteiger partial charge is 0.588 e. The molecular weight excluding hydrogens is 139 g/mol. The summed E-state index contributed by atoms with van der Waals surface area (Å²) in [4.78, 5) is 9.45. The van der Waals surface area contributed by atoms with Crippen LogP contribution in [0.15, 0.2) is 0 Å². The fourth-order valence-electron chi connectivity index (χ4n) is 0.118. The number of hydrogen-bond donors (Lipinski definition) is 0. The largest absolute Gasteiger partial charge is 1.00 e. The Bertz CT molecular complexity index is 56.9. The molecule has 36 valence electrons. The molecule has 0 aliphatic heterocycles. The summed E-state index contributed by atoms with van der Waals surface area (Å²) in [6.07, 6.45) is 0. The molecule has 0 aromatic rings. The molecule has 0 rings (SSSR count). The van der Waals surface area contributed by atoms with Gasteiger partial charge in [-0.3, -0.25) is 0 Å². The minimum atomic E-state index is -2.89. The second-order valence-electron chi connectivity index (χ2n) is 0.683. The second kappa shape index (κ2) is 7.25. The summed E-state index contributed by atoms with van der Waals surface area (Å²) < 4.78 is 13.5. The molecule has 0 bridgehead atoms. The quantitative estimate of drug-likeness (QED) is 0.369. The van der Waals surface area contributed by atoms with E-state index in [1.807, 2.05) is 0 Å². The van der Waals surface area contributed by atoms with Gasteiger partial charge in [-0.25, -0.2) is 0 Å². The maximum Gasteiger partial charge on any atom is 1.00 e. The van der Waals surface area contributed by atoms with Crippen LogP contribution in [0.3, 0.4) is 0 Å². The third-order valence-corrected chi connectivity index (χ3v) is 0.787. The average molecular weight is 144 g/mol. The van der Waals surface area contributed by atoms with Crippen LogP contribution in [-0.4, -0.2) is 15.8 Å². The van der Waals surface area contributed by atoms with Crippen molar-refractivity contribution < 1.29 is 65.1 Å². The Morgan fingerprint density at radius 3 is 2.29 bits per heavy atom. The first-order valence-electron chi connectivity index (χ1n) is 1.61. The summed E-state index contributed by atoms with van der Waals surface area (Å²) in [6.45, 7) is 1.88. The van der Waals surface area contributed by atoms with Crippen LogP contribution >= 0.6 is 0 Å². The molecule has 0 heterocycles. The number of rotatable bonds is 2. The predicted molar refractivity (Wildman–Crippen MR) is 18.1 cm³/mol. The van der Waals surface area contributed by atoms with Crippen LogP contribution < -0.4 is 56.2 Å². The van der Waals surface area contributed by atoms with E-state index in [1.165, 1.54) is 0 Å². The molecule has 7 heavy (non-hydrogen) atoms. The normalized spacial score (nSPS) is 6.43. The van der Waals surface area contributed by atoms with Crippen molar-refractivity contribution in [2.24, 2.45) is 0 Å². The van der Waals surface area contributed by atoms with Crippen LogP contribution in [0.2, 0.25) is 0 Å². The summed E-state index contributed by atoms with van der Waals surface area (Å²) >= 11 is 0. The van der Waals surface area contributed by atoms with Gasteiger partial charge in [-0.15, -0.1) is 0 Å². The summed E-state index contributed by atoms with van der Waals surface area (Å²) in [5, 5.41) is 0. The van der Waals surface area contributed by atoms with E-state index in [4.69, 9.17) is 0 Å². The van der Waals surface area contributed by atoms with Gasteiger partial charge in [-0.05, 0) is 6.92 Å². The van der Waals surface area contributed by atoms with Crippen molar-refractivity contribution in [3.05, 3.63) is 0 Å². The molecule has 0 amide bonds. The third-order valence-electron chi connectivity index (χ3n) is 0.262. The fraction of sp³-hybridized carbons (Fsp3) is 1.00. The molecule has 3 nitrogen and oxygen atoms in total. The molecule has 0 aliphatic carbocycles. The summed E-state index contributed by atoms with van der Waals surface area (Å²) in [5.74, 6) is 0. The first-order valence-corrected chi connectivity index (χ1v) is 2.83. The van der Waals surface area contributed by atoms with Gasteiger partial charge in [0.25, 0.3) is 0 Å². The van der Waals surface area contributed by atoms with Gasteiger partial charge in [-0.2, -0.15) is 0 Å². The number of hydrogen-bond acceptors (Lipinski definition) is 3. The van der Waals surface area contributed by atoms with E-state index in [-0.39, 0.29) is 58.0 Å². The predicted octanol–water partition coefficient (Wildman–Crippen LogP) is -4.20. The Balaban J connectivity index is 0. The topological polar surface area (TPSA) is 49.4 Å². The van der Waals surface area contributed by atoms with Crippen molar-refractivity contribution in [2.75, 3.05) is 6.61 Å². The average Bonchev–Trinajstić information content (AvgIpc) is 1.35. The molecule has 5 heteroatoms. The van der Waals surface area contributed by atoms with Crippen LogP contribution in [0.25, 0.3) is 0 Å². The second-order valence-corrected chi connectivity index (χ2v) is 1.47.